The number of nitrogens with zero attached hydrogens (tertiary/aromatic N) is 3. The topological polar surface area (TPSA) is 98.4 Å². The van der Waals surface area contributed by atoms with Crippen LogP contribution in [0.25, 0.3) is 10.9 Å². The van der Waals surface area contributed by atoms with Gasteiger partial charge in [0.2, 0.25) is 0 Å². The lowest BCUT2D eigenvalue weighted by Gasteiger charge is -2.31. The number of amides is 3. The third-order valence-corrected chi connectivity index (χ3v) is 5.78. The number of aromatic amines is 1. The number of nitrogens with one attached hydrogen (secondary N) is 2. The molecular weight excluding hydrogens is 358 g/mol. The molecule has 1 spiro atoms. The standard InChI is InChI=1S/C20H25N5O3/c1-2-24(12-16-21-15-9-5-4-8-14(15)17(26)22-16)13-25-18(27)20(23-19(25)28)10-6-3-7-11-20/h4-5,8-9H,2-3,6-7,10-13H2,1H3,(H,23,28)(H,21,22,26). The van der Waals surface area contributed by atoms with Crippen molar-refractivity contribution >= 4 is 22.8 Å². The van der Waals surface area contributed by atoms with Crippen LogP contribution in [0.4, 0.5) is 4.79 Å². The Kier molecular flexibility index (Phi) is 4.89. The molecule has 2 N–H and O–H groups in total. The molecule has 8 heteroatoms. The zero-order valence-corrected chi connectivity index (χ0v) is 16.0. The molecule has 2 aromatic rings. The van der Waals surface area contributed by atoms with Crippen LogP contribution in [0.1, 0.15) is 44.9 Å². The summed E-state index contributed by atoms with van der Waals surface area (Å²) < 4.78 is 0. The zero-order valence-electron chi connectivity index (χ0n) is 16.0. The van der Waals surface area contributed by atoms with E-state index in [-0.39, 0.29) is 24.2 Å². The van der Waals surface area contributed by atoms with Gasteiger partial charge in [-0.2, -0.15) is 0 Å². The summed E-state index contributed by atoms with van der Waals surface area (Å²) in [7, 11) is 0. The summed E-state index contributed by atoms with van der Waals surface area (Å²) in [6.07, 6.45) is 4.44. The fourth-order valence-electron chi connectivity index (χ4n) is 4.18. The molecule has 1 aliphatic heterocycles. The molecule has 1 aromatic heterocycles. The zero-order chi connectivity index (χ0) is 19.7. The van der Waals surface area contributed by atoms with Gasteiger partial charge in [-0.05, 0) is 31.5 Å². The molecule has 0 bridgehead atoms. The van der Waals surface area contributed by atoms with Crippen molar-refractivity contribution in [2.75, 3.05) is 13.2 Å². The van der Waals surface area contributed by atoms with E-state index in [9.17, 15) is 14.4 Å². The second-order valence-electron chi connectivity index (χ2n) is 7.62. The van der Waals surface area contributed by atoms with Crippen molar-refractivity contribution in [2.24, 2.45) is 0 Å². The highest BCUT2D eigenvalue weighted by Crippen LogP contribution is 2.33. The van der Waals surface area contributed by atoms with Crippen LogP contribution in [0.5, 0.6) is 0 Å². The van der Waals surface area contributed by atoms with Gasteiger partial charge in [-0.3, -0.25) is 14.5 Å². The van der Waals surface area contributed by atoms with Gasteiger partial charge in [-0.15, -0.1) is 0 Å². The number of hydrogen-bond acceptors (Lipinski definition) is 5. The Morgan fingerprint density at radius 1 is 1.14 bits per heavy atom. The van der Waals surface area contributed by atoms with E-state index >= 15 is 0 Å². The lowest BCUT2D eigenvalue weighted by Crippen LogP contribution is -2.49. The molecule has 28 heavy (non-hydrogen) atoms. The van der Waals surface area contributed by atoms with Crippen LogP contribution >= 0.6 is 0 Å². The van der Waals surface area contributed by atoms with Crippen molar-refractivity contribution in [1.82, 2.24) is 25.1 Å². The number of carbonyl (C=O) groups is 2. The SMILES string of the molecule is CCN(Cc1nc2ccccc2c(=O)[nH]1)CN1C(=O)NC2(CCCCC2)C1=O. The van der Waals surface area contributed by atoms with Gasteiger partial charge in [0.15, 0.2) is 0 Å². The predicted molar refractivity (Wildman–Crippen MR) is 105 cm³/mol. The van der Waals surface area contributed by atoms with Crippen LogP contribution in [0.2, 0.25) is 0 Å². The molecule has 0 unspecified atom stereocenters. The molecule has 0 atom stereocenters. The molecule has 2 fully saturated rings. The Hall–Kier alpha value is -2.74. The second kappa shape index (κ2) is 7.35. The fourth-order valence-corrected chi connectivity index (χ4v) is 4.18. The van der Waals surface area contributed by atoms with E-state index in [1.54, 1.807) is 18.2 Å². The van der Waals surface area contributed by atoms with Crippen LogP contribution in [0.3, 0.4) is 0 Å². The summed E-state index contributed by atoms with van der Waals surface area (Å²) in [4.78, 5) is 48.3. The Morgan fingerprint density at radius 2 is 1.89 bits per heavy atom. The van der Waals surface area contributed by atoms with Crippen LogP contribution in [-0.4, -0.2) is 50.5 Å². The minimum atomic E-state index is -0.718. The van der Waals surface area contributed by atoms with E-state index in [1.165, 1.54) is 4.90 Å². The average molecular weight is 383 g/mol. The smallest absolute Gasteiger partial charge is 0.323 e. The van der Waals surface area contributed by atoms with Crippen LogP contribution in [0, 0.1) is 0 Å². The fraction of sp³-hybridized carbons (Fsp3) is 0.500. The summed E-state index contributed by atoms with van der Waals surface area (Å²) in [6, 6.07) is 6.85. The van der Waals surface area contributed by atoms with Gasteiger partial charge in [-0.1, -0.05) is 38.3 Å². The Labute approximate surface area is 162 Å². The van der Waals surface area contributed by atoms with Crippen molar-refractivity contribution in [3.05, 3.63) is 40.4 Å². The first-order valence-electron chi connectivity index (χ1n) is 9.87. The summed E-state index contributed by atoms with van der Waals surface area (Å²) >= 11 is 0. The molecule has 1 aliphatic carbocycles. The van der Waals surface area contributed by atoms with E-state index in [1.807, 2.05) is 17.9 Å². The third kappa shape index (κ3) is 3.28. The number of H-pyrrole nitrogens is 1. The first-order chi connectivity index (χ1) is 13.5. The Bertz CT molecular complexity index is 964. The summed E-state index contributed by atoms with van der Waals surface area (Å²) in [5, 5.41) is 3.48. The lowest BCUT2D eigenvalue weighted by atomic mass is 9.82. The number of benzene rings is 1. The van der Waals surface area contributed by atoms with Crippen molar-refractivity contribution in [3.8, 4) is 0 Å². The Balaban J connectivity index is 1.51. The van der Waals surface area contributed by atoms with Gasteiger partial charge in [-0.25, -0.2) is 14.7 Å². The molecule has 4 rings (SSSR count). The molecule has 2 heterocycles. The number of rotatable bonds is 5. The number of imide groups is 1. The summed E-state index contributed by atoms with van der Waals surface area (Å²) in [5.74, 6) is 0.389. The number of carbonyl (C=O) groups excluding carboxylic acids is 2. The second-order valence-corrected chi connectivity index (χ2v) is 7.62. The molecule has 0 radical (unpaired) electrons. The van der Waals surface area contributed by atoms with Crippen molar-refractivity contribution < 1.29 is 9.59 Å². The molecule has 1 saturated carbocycles. The van der Waals surface area contributed by atoms with Crippen LogP contribution in [-0.2, 0) is 11.3 Å². The van der Waals surface area contributed by atoms with Crippen molar-refractivity contribution in [1.29, 1.82) is 0 Å². The van der Waals surface area contributed by atoms with Gasteiger partial charge >= 0.3 is 6.03 Å². The van der Waals surface area contributed by atoms with Gasteiger partial charge in [0, 0.05) is 0 Å². The van der Waals surface area contributed by atoms with Gasteiger partial charge in [0.05, 0.1) is 24.1 Å². The molecule has 1 saturated heterocycles. The average Bonchev–Trinajstić information content (AvgIpc) is 2.92. The van der Waals surface area contributed by atoms with E-state index in [0.29, 0.717) is 42.7 Å². The summed E-state index contributed by atoms with van der Waals surface area (Å²) in [5.41, 5.74) is -0.272. The molecule has 1 aromatic carbocycles. The number of urea groups is 1. The highest BCUT2D eigenvalue weighted by atomic mass is 16.2. The van der Waals surface area contributed by atoms with Crippen molar-refractivity contribution in [2.45, 2.75) is 51.1 Å². The maximum atomic E-state index is 13.0. The first-order valence-corrected chi connectivity index (χ1v) is 9.87. The minimum Gasteiger partial charge on any atom is -0.323 e. The number of fused-ring (bicyclic) bond motifs is 1. The van der Waals surface area contributed by atoms with E-state index < -0.39 is 5.54 Å². The minimum absolute atomic E-state index is 0.129. The highest BCUT2D eigenvalue weighted by Gasteiger charge is 2.51. The summed E-state index contributed by atoms with van der Waals surface area (Å²) in [6.45, 7) is 3.09. The van der Waals surface area contributed by atoms with Crippen molar-refractivity contribution in [3.63, 3.8) is 0 Å². The predicted octanol–water partition coefficient (Wildman–Crippen LogP) is 1.96. The maximum absolute atomic E-state index is 13.0. The maximum Gasteiger partial charge on any atom is 0.326 e. The quantitative estimate of drug-likeness (QED) is 0.769. The van der Waals surface area contributed by atoms with Crippen LogP contribution < -0.4 is 10.9 Å². The molecular formula is C20H25N5O3. The molecule has 148 valence electrons. The van der Waals surface area contributed by atoms with E-state index in [4.69, 9.17) is 0 Å². The molecule has 3 amide bonds. The number of aromatic nitrogens is 2. The van der Waals surface area contributed by atoms with Gasteiger partial charge < -0.3 is 10.3 Å². The van der Waals surface area contributed by atoms with Gasteiger partial charge in [0.25, 0.3) is 11.5 Å². The number of hydrogen-bond donors (Lipinski definition) is 2. The molecule has 8 nitrogen and oxygen atoms in total. The van der Waals surface area contributed by atoms with E-state index in [0.717, 1.165) is 19.3 Å². The monoisotopic (exact) mass is 383 g/mol. The first kappa shape index (κ1) is 18.6. The highest BCUT2D eigenvalue weighted by molar-refractivity contribution is 6.07. The Morgan fingerprint density at radius 3 is 2.64 bits per heavy atom. The van der Waals surface area contributed by atoms with Gasteiger partial charge in [0.1, 0.15) is 11.4 Å². The normalized spacial score (nSPS) is 19.0. The third-order valence-electron chi connectivity index (χ3n) is 5.78. The van der Waals surface area contributed by atoms with E-state index in [2.05, 4.69) is 15.3 Å². The van der Waals surface area contributed by atoms with Crippen LogP contribution in [0.15, 0.2) is 29.1 Å². The molecule has 2 aliphatic rings. The number of para-hydroxylation sites is 1. The lowest BCUT2D eigenvalue weighted by molar-refractivity contribution is -0.134. The largest absolute Gasteiger partial charge is 0.326 e.